The zero-order valence-corrected chi connectivity index (χ0v) is 25.5. The number of aryl methyl sites for hydroxylation is 1. The number of Topliss-reactive ketones (excluding diaryl/α,β-unsaturated/α-hetero) is 1. The highest BCUT2D eigenvalue weighted by Crippen LogP contribution is 2.41. The number of nitrogens with zero attached hydrogens (tertiary/aromatic N) is 1. The summed E-state index contributed by atoms with van der Waals surface area (Å²) in [6, 6.07) is 39.6. The van der Waals surface area contributed by atoms with E-state index in [0.29, 0.717) is 19.3 Å². The van der Waals surface area contributed by atoms with Crippen LogP contribution in [0.1, 0.15) is 74.1 Å². The van der Waals surface area contributed by atoms with Crippen molar-refractivity contribution in [2.75, 3.05) is 4.90 Å². The highest BCUT2D eigenvalue weighted by molar-refractivity contribution is 6.02. The third-order valence-electron chi connectivity index (χ3n) is 8.77. The Morgan fingerprint density at radius 1 is 0.744 bits per heavy atom. The average Bonchev–Trinajstić information content (AvgIpc) is 3.03. The Hall–Kier alpha value is -4.18. The molecule has 1 unspecified atom stereocenters. The highest BCUT2D eigenvalue weighted by Gasteiger charge is 2.48. The lowest BCUT2D eigenvalue weighted by Crippen LogP contribution is -2.49. The summed E-state index contributed by atoms with van der Waals surface area (Å²) >= 11 is 0. The molecule has 43 heavy (non-hydrogen) atoms. The van der Waals surface area contributed by atoms with Crippen LogP contribution in [0, 0.1) is 5.92 Å². The fraction of sp³-hybridized carbons (Fsp3) is 0.333. The van der Waals surface area contributed by atoms with E-state index in [2.05, 4.69) is 104 Å². The molecular formula is C39H43NO3. The number of cyclic esters (lactones) is 1. The van der Waals surface area contributed by atoms with Gasteiger partial charge < -0.3 is 9.64 Å². The molecule has 4 aromatic rings. The van der Waals surface area contributed by atoms with Gasteiger partial charge in [0.2, 0.25) is 0 Å². The second-order valence-electron chi connectivity index (χ2n) is 11.9. The minimum absolute atomic E-state index is 0.0143. The SMILES string of the molecule is CCC[C@]1(CCc2ccccc2)CC(=O)C([C@H](CC)c2cccc(N(Cc3ccccc3)Cc3ccccc3)c2)C(=O)O1. The van der Waals surface area contributed by atoms with E-state index in [4.69, 9.17) is 4.74 Å². The maximum atomic E-state index is 13.9. The lowest BCUT2D eigenvalue weighted by molar-refractivity contribution is -0.180. The van der Waals surface area contributed by atoms with Crippen LogP contribution >= 0.6 is 0 Å². The molecule has 4 nitrogen and oxygen atoms in total. The monoisotopic (exact) mass is 573 g/mol. The predicted molar refractivity (Wildman–Crippen MR) is 174 cm³/mol. The predicted octanol–water partition coefficient (Wildman–Crippen LogP) is 8.69. The molecule has 0 aromatic heterocycles. The van der Waals surface area contributed by atoms with Crippen LogP contribution in [0.5, 0.6) is 0 Å². The maximum absolute atomic E-state index is 13.9. The van der Waals surface area contributed by atoms with Crippen LogP contribution in [0.25, 0.3) is 0 Å². The molecular weight excluding hydrogens is 530 g/mol. The molecule has 1 aliphatic heterocycles. The van der Waals surface area contributed by atoms with Gasteiger partial charge in [0.1, 0.15) is 11.5 Å². The van der Waals surface area contributed by atoms with Crippen molar-refractivity contribution >= 4 is 17.4 Å². The van der Waals surface area contributed by atoms with Crippen molar-refractivity contribution < 1.29 is 14.3 Å². The normalized spacial score (nSPS) is 19.1. The summed E-state index contributed by atoms with van der Waals surface area (Å²) in [6.45, 7) is 5.65. The molecule has 0 radical (unpaired) electrons. The fourth-order valence-corrected chi connectivity index (χ4v) is 6.60. The number of ketones is 1. The number of hydrogen-bond donors (Lipinski definition) is 0. The molecule has 222 valence electrons. The maximum Gasteiger partial charge on any atom is 0.317 e. The van der Waals surface area contributed by atoms with Gasteiger partial charge in [-0.15, -0.1) is 0 Å². The molecule has 0 spiro atoms. The van der Waals surface area contributed by atoms with E-state index in [1.54, 1.807) is 0 Å². The second-order valence-corrected chi connectivity index (χ2v) is 11.9. The third kappa shape index (κ3) is 7.62. The van der Waals surface area contributed by atoms with Gasteiger partial charge in [-0.05, 0) is 60.1 Å². The minimum Gasteiger partial charge on any atom is -0.458 e. The Bertz CT molecular complexity index is 1410. The van der Waals surface area contributed by atoms with E-state index in [0.717, 1.165) is 37.2 Å². The van der Waals surface area contributed by atoms with Crippen LogP contribution < -0.4 is 4.90 Å². The van der Waals surface area contributed by atoms with Gasteiger partial charge in [-0.1, -0.05) is 123 Å². The first-order valence-corrected chi connectivity index (χ1v) is 15.7. The largest absolute Gasteiger partial charge is 0.458 e. The molecule has 4 heteroatoms. The standard InChI is InChI=1S/C39H43NO3/c1-3-24-39(25-23-30-15-8-5-9-16-30)27-36(41)37(38(42)43-39)35(4-2)33-21-14-22-34(26-33)40(28-31-17-10-6-11-18-31)29-32-19-12-7-13-20-32/h5-22,26,35,37H,3-4,23-25,27-29H2,1-2H3/t35-,37?,39+/m1/s1. The summed E-state index contributed by atoms with van der Waals surface area (Å²) in [6.07, 6.45) is 3.97. The number of carbonyl (C=O) groups excluding carboxylic acids is 2. The Labute approximate surface area is 256 Å². The first-order valence-electron chi connectivity index (χ1n) is 15.7. The summed E-state index contributed by atoms with van der Waals surface area (Å²) < 4.78 is 6.29. The van der Waals surface area contributed by atoms with Crippen LogP contribution in [0.2, 0.25) is 0 Å². The molecule has 1 aliphatic rings. The molecule has 0 bridgehead atoms. The summed E-state index contributed by atoms with van der Waals surface area (Å²) in [5, 5.41) is 0. The van der Waals surface area contributed by atoms with Crippen LogP contribution in [-0.2, 0) is 33.8 Å². The summed E-state index contributed by atoms with van der Waals surface area (Å²) in [7, 11) is 0. The summed E-state index contributed by atoms with van der Waals surface area (Å²) in [4.78, 5) is 30.0. The Morgan fingerprint density at radius 2 is 1.33 bits per heavy atom. The third-order valence-corrected chi connectivity index (χ3v) is 8.77. The zero-order valence-electron chi connectivity index (χ0n) is 25.5. The summed E-state index contributed by atoms with van der Waals surface area (Å²) in [5.41, 5.74) is 5.01. The van der Waals surface area contributed by atoms with E-state index >= 15 is 0 Å². The molecule has 1 fully saturated rings. The number of carbonyl (C=O) groups is 2. The van der Waals surface area contributed by atoms with E-state index < -0.39 is 11.5 Å². The van der Waals surface area contributed by atoms with Crippen LogP contribution in [0.4, 0.5) is 5.69 Å². The quantitative estimate of drug-likeness (QED) is 0.119. The van der Waals surface area contributed by atoms with Crippen molar-refractivity contribution in [1.82, 2.24) is 0 Å². The second kappa shape index (κ2) is 14.3. The average molecular weight is 574 g/mol. The van der Waals surface area contributed by atoms with Crippen molar-refractivity contribution in [3.8, 4) is 0 Å². The molecule has 4 aromatic carbocycles. The first-order chi connectivity index (χ1) is 21.0. The Kier molecular flexibility index (Phi) is 10.1. The van der Waals surface area contributed by atoms with Crippen LogP contribution in [0.15, 0.2) is 115 Å². The molecule has 1 saturated heterocycles. The zero-order chi connectivity index (χ0) is 30.1. The van der Waals surface area contributed by atoms with Crippen molar-refractivity contribution in [3.05, 3.63) is 138 Å². The number of benzene rings is 4. The van der Waals surface area contributed by atoms with Gasteiger partial charge in [-0.2, -0.15) is 0 Å². The minimum atomic E-state index is -0.779. The van der Waals surface area contributed by atoms with E-state index in [1.807, 2.05) is 30.3 Å². The van der Waals surface area contributed by atoms with Gasteiger partial charge in [-0.3, -0.25) is 9.59 Å². The Morgan fingerprint density at radius 3 is 1.86 bits per heavy atom. The van der Waals surface area contributed by atoms with E-state index in [9.17, 15) is 9.59 Å². The topological polar surface area (TPSA) is 46.6 Å². The van der Waals surface area contributed by atoms with Crippen LogP contribution in [0.3, 0.4) is 0 Å². The number of hydrogen-bond acceptors (Lipinski definition) is 4. The first kappa shape index (κ1) is 30.3. The van der Waals surface area contributed by atoms with Gasteiger partial charge >= 0.3 is 5.97 Å². The van der Waals surface area contributed by atoms with Crippen molar-refractivity contribution in [3.63, 3.8) is 0 Å². The van der Waals surface area contributed by atoms with Crippen molar-refractivity contribution in [2.45, 2.75) is 77.0 Å². The number of esters is 1. The van der Waals surface area contributed by atoms with Crippen molar-refractivity contribution in [1.29, 1.82) is 0 Å². The Balaban J connectivity index is 1.38. The molecule has 1 heterocycles. The number of rotatable bonds is 13. The van der Waals surface area contributed by atoms with Crippen LogP contribution in [-0.4, -0.2) is 17.4 Å². The molecule has 3 atom stereocenters. The smallest absolute Gasteiger partial charge is 0.317 e. The molecule has 0 N–H and O–H groups in total. The van der Waals surface area contributed by atoms with Gasteiger partial charge in [0, 0.05) is 31.1 Å². The molecule has 0 saturated carbocycles. The van der Waals surface area contributed by atoms with E-state index in [-0.39, 0.29) is 24.1 Å². The van der Waals surface area contributed by atoms with Gasteiger partial charge in [-0.25, -0.2) is 0 Å². The van der Waals surface area contributed by atoms with E-state index in [1.165, 1.54) is 16.7 Å². The van der Waals surface area contributed by atoms with Crippen molar-refractivity contribution in [2.24, 2.45) is 5.92 Å². The molecule has 5 rings (SSSR count). The number of ether oxygens (including phenoxy) is 1. The lowest BCUT2D eigenvalue weighted by atomic mass is 9.74. The van der Waals surface area contributed by atoms with Gasteiger partial charge in [0.05, 0.1) is 0 Å². The van der Waals surface area contributed by atoms with Gasteiger partial charge in [0.15, 0.2) is 5.78 Å². The molecule has 0 amide bonds. The summed E-state index contributed by atoms with van der Waals surface area (Å²) in [5.74, 6) is -1.36. The van der Waals surface area contributed by atoms with Gasteiger partial charge in [0.25, 0.3) is 0 Å². The fourth-order valence-electron chi connectivity index (χ4n) is 6.60. The molecule has 0 aliphatic carbocycles. The highest BCUT2D eigenvalue weighted by atomic mass is 16.6. The number of anilines is 1. The lowest BCUT2D eigenvalue weighted by Gasteiger charge is -2.41.